The lowest BCUT2D eigenvalue weighted by Gasteiger charge is -2.32. The number of benzene rings is 1. The minimum Gasteiger partial charge on any atom is -0.352 e. The van der Waals surface area contributed by atoms with Gasteiger partial charge in [0.1, 0.15) is 6.04 Å². The maximum atomic E-state index is 12.7. The van der Waals surface area contributed by atoms with Gasteiger partial charge < -0.3 is 5.32 Å². The number of rotatable bonds is 7. The fourth-order valence-electron chi connectivity index (χ4n) is 2.48. The molecular weight excluding hydrogens is 324 g/mol. The Morgan fingerprint density at radius 2 is 1.79 bits per heavy atom. The Balaban J connectivity index is 3.33. The van der Waals surface area contributed by atoms with Gasteiger partial charge in [0.05, 0.1) is 11.9 Å². The molecule has 136 valence electrons. The lowest BCUT2D eigenvalue weighted by Crippen LogP contribution is -2.52. The molecule has 0 spiro atoms. The van der Waals surface area contributed by atoms with Crippen molar-refractivity contribution in [1.29, 1.82) is 0 Å². The van der Waals surface area contributed by atoms with Crippen LogP contribution in [-0.2, 0) is 14.8 Å². The molecule has 0 saturated heterocycles. The van der Waals surface area contributed by atoms with Crippen molar-refractivity contribution in [2.75, 3.05) is 10.6 Å². The second-order valence-electron chi connectivity index (χ2n) is 6.81. The zero-order valence-corrected chi connectivity index (χ0v) is 16.6. The van der Waals surface area contributed by atoms with E-state index in [1.165, 1.54) is 4.31 Å². The smallest absolute Gasteiger partial charge is 0.244 e. The molecule has 1 N–H and O–H groups in total. The predicted octanol–water partition coefficient (Wildman–Crippen LogP) is 3.01. The topological polar surface area (TPSA) is 66.5 Å². The van der Waals surface area contributed by atoms with Gasteiger partial charge in [-0.3, -0.25) is 9.10 Å². The Morgan fingerprint density at radius 3 is 2.25 bits per heavy atom. The molecule has 0 aliphatic heterocycles. The van der Waals surface area contributed by atoms with Gasteiger partial charge in [0, 0.05) is 6.04 Å². The van der Waals surface area contributed by atoms with E-state index in [1.54, 1.807) is 0 Å². The van der Waals surface area contributed by atoms with Crippen LogP contribution in [0.25, 0.3) is 0 Å². The van der Waals surface area contributed by atoms with Crippen molar-refractivity contribution in [3.63, 3.8) is 0 Å². The summed E-state index contributed by atoms with van der Waals surface area (Å²) in [6.07, 6.45) is 1.55. The maximum absolute atomic E-state index is 12.7. The number of nitrogens with zero attached hydrogens (tertiary/aromatic N) is 1. The Kier molecular flexibility index (Phi) is 6.84. The summed E-state index contributed by atoms with van der Waals surface area (Å²) >= 11 is 0. The molecule has 0 radical (unpaired) electrons. The molecule has 5 nitrogen and oxygen atoms in total. The number of nitrogens with one attached hydrogen (secondary N) is 1. The number of hydrogen-bond acceptors (Lipinski definition) is 3. The van der Waals surface area contributed by atoms with E-state index >= 15 is 0 Å². The van der Waals surface area contributed by atoms with Crippen LogP contribution in [0, 0.1) is 19.8 Å². The van der Waals surface area contributed by atoms with Gasteiger partial charge in [0.2, 0.25) is 15.9 Å². The van der Waals surface area contributed by atoms with Gasteiger partial charge in [0.15, 0.2) is 0 Å². The third-order valence-corrected chi connectivity index (χ3v) is 5.47. The van der Waals surface area contributed by atoms with Crippen molar-refractivity contribution in [2.24, 2.45) is 5.92 Å². The molecule has 2 atom stereocenters. The number of aryl methyl sites for hydroxylation is 2. The van der Waals surface area contributed by atoms with Gasteiger partial charge in [-0.1, -0.05) is 32.9 Å². The first-order valence-corrected chi connectivity index (χ1v) is 10.2. The van der Waals surface area contributed by atoms with Crippen LogP contribution in [0.2, 0.25) is 0 Å². The Bertz CT molecular complexity index is 684. The lowest BCUT2D eigenvalue weighted by atomic mass is 10.0. The van der Waals surface area contributed by atoms with Crippen molar-refractivity contribution in [3.05, 3.63) is 29.3 Å². The summed E-state index contributed by atoms with van der Waals surface area (Å²) < 4.78 is 26.2. The quantitative estimate of drug-likeness (QED) is 0.818. The molecule has 0 unspecified atom stereocenters. The van der Waals surface area contributed by atoms with E-state index in [0.29, 0.717) is 12.1 Å². The first-order chi connectivity index (χ1) is 11.0. The van der Waals surface area contributed by atoms with Gasteiger partial charge in [-0.2, -0.15) is 0 Å². The average molecular weight is 355 g/mol. The summed E-state index contributed by atoms with van der Waals surface area (Å²) in [5, 5.41) is 2.94. The molecule has 1 rings (SSSR count). The Hall–Kier alpha value is -1.56. The molecular formula is C18H30N2O3S. The SMILES string of the molecule is CC[C@H](C(=O)N[C@H](C)C(C)C)N(c1cc(C)ccc1C)S(C)(=O)=O. The first kappa shape index (κ1) is 20.5. The molecule has 1 aromatic rings. The number of anilines is 1. The van der Waals surface area contributed by atoms with Crippen LogP contribution in [0.1, 0.15) is 45.2 Å². The zero-order valence-electron chi connectivity index (χ0n) is 15.8. The first-order valence-electron chi connectivity index (χ1n) is 8.36. The number of carbonyl (C=O) groups excluding carboxylic acids is 1. The van der Waals surface area contributed by atoms with Crippen molar-refractivity contribution < 1.29 is 13.2 Å². The van der Waals surface area contributed by atoms with Crippen molar-refractivity contribution in [3.8, 4) is 0 Å². The molecule has 24 heavy (non-hydrogen) atoms. The van der Waals surface area contributed by atoms with Crippen molar-refractivity contribution in [1.82, 2.24) is 5.32 Å². The molecule has 0 aliphatic rings. The normalized spacial score (nSPS) is 14.3. The second kappa shape index (κ2) is 8.01. The predicted molar refractivity (Wildman–Crippen MR) is 99.8 cm³/mol. The molecule has 0 fully saturated rings. The highest BCUT2D eigenvalue weighted by Crippen LogP contribution is 2.27. The van der Waals surface area contributed by atoms with E-state index < -0.39 is 16.1 Å². The third-order valence-electron chi connectivity index (χ3n) is 4.30. The van der Waals surface area contributed by atoms with Gasteiger partial charge >= 0.3 is 0 Å². The van der Waals surface area contributed by atoms with E-state index in [4.69, 9.17) is 0 Å². The number of amides is 1. The van der Waals surface area contributed by atoms with Crippen molar-refractivity contribution >= 4 is 21.6 Å². The summed E-state index contributed by atoms with van der Waals surface area (Å²) in [7, 11) is -3.60. The van der Waals surface area contributed by atoms with E-state index in [9.17, 15) is 13.2 Å². The summed E-state index contributed by atoms with van der Waals surface area (Å²) in [6, 6.07) is 4.84. The summed E-state index contributed by atoms with van der Waals surface area (Å²) in [5.74, 6) is 0.0175. The Morgan fingerprint density at radius 1 is 1.21 bits per heavy atom. The van der Waals surface area contributed by atoms with E-state index in [-0.39, 0.29) is 17.9 Å². The van der Waals surface area contributed by atoms with Crippen LogP contribution < -0.4 is 9.62 Å². The van der Waals surface area contributed by atoms with Crippen LogP contribution in [0.4, 0.5) is 5.69 Å². The molecule has 0 aliphatic carbocycles. The largest absolute Gasteiger partial charge is 0.352 e. The third kappa shape index (κ3) is 4.97. The second-order valence-corrected chi connectivity index (χ2v) is 8.67. The molecule has 1 aromatic carbocycles. The summed E-state index contributed by atoms with van der Waals surface area (Å²) in [5.41, 5.74) is 2.35. The molecule has 1 amide bonds. The molecule has 0 bridgehead atoms. The summed E-state index contributed by atoms with van der Waals surface area (Å²) in [4.78, 5) is 12.7. The van der Waals surface area contributed by atoms with E-state index in [1.807, 2.05) is 59.7 Å². The number of sulfonamides is 1. The fraction of sp³-hybridized carbons (Fsp3) is 0.611. The van der Waals surface area contributed by atoms with Crippen molar-refractivity contribution in [2.45, 2.75) is 60.0 Å². The highest BCUT2D eigenvalue weighted by Gasteiger charge is 2.33. The van der Waals surface area contributed by atoms with Gasteiger partial charge in [0.25, 0.3) is 0 Å². The van der Waals surface area contributed by atoms with Crippen LogP contribution in [-0.4, -0.2) is 32.7 Å². The van der Waals surface area contributed by atoms with Gasteiger partial charge in [-0.05, 0) is 50.3 Å². The molecule has 0 aromatic heterocycles. The monoisotopic (exact) mass is 354 g/mol. The zero-order chi connectivity index (χ0) is 18.7. The van der Waals surface area contributed by atoms with Gasteiger partial charge in [-0.15, -0.1) is 0 Å². The summed E-state index contributed by atoms with van der Waals surface area (Å²) in [6.45, 7) is 11.6. The number of hydrogen-bond donors (Lipinski definition) is 1. The maximum Gasteiger partial charge on any atom is 0.244 e. The molecule has 0 saturated carbocycles. The molecule has 6 heteroatoms. The highest BCUT2D eigenvalue weighted by atomic mass is 32.2. The fourth-order valence-corrected chi connectivity index (χ4v) is 3.74. The molecule has 0 heterocycles. The van der Waals surface area contributed by atoms with E-state index in [0.717, 1.165) is 17.4 Å². The van der Waals surface area contributed by atoms with Gasteiger partial charge in [-0.25, -0.2) is 8.42 Å². The van der Waals surface area contributed by atoms with E-state index in [2.05, 4.69) is 5.32 Å². The van der Waals surface area contributed by atoms with Crippen LogP contribution >= 0.6 is 0 Å². The minimum atomic E-state index is -3.60. The lowest BCUT2D eigenvalue weighted by molar-refractivity contribution is -0.123. The van der Waals surface area contributed by atoms with Crippen LogP contribution in [0.5, 0.6) is 0 Å². The standard InChI is InChI=1S/C18H30N2O3S/c1-8-16(18(21)19-15(6)12(2)3)20(24(7,22)23)17-11-13(4)9-10-14(17)5/h9-12,15-16H,8H2,1-7H3,(H,19,21)/t15-,16-/m1/s1. The minimum absolute atomic E-state index is 0.0217. The van der Waals surface area contributed by atoms with Crippen LogP contribution in [0.15, 0.2) is 18.2 Å². The Labute approximate surface area is 146 Å². The highest BCUT2D eigenvalue weighted by molar-refractivity contribution is 7.92. The van der Waals surface area contributed by atoms with Crippen LogP contribution in [0.3, 0.4) is 0 Å². The average Bonchev–Trinajstić information content (AvgIpc) is 2.45. The number of carbonyl (C=O) groups is 1.